The molecule has 1 aromatic carbocycles. The summed E-state index contributed by atoms with van der Waals surface area (Å²) in [6.07, 6.45) is 4.60. The molecule has 194 valence electrons. The molecule has 5 heterocycles. The monoisotopic (exact) mass is 525 g/mol. The van der Waals surface area contributed by atoms with Crippen molar-refractivity contribution in [2.75, 3.05) is 70.2 Å². The van der Waals surface area contributed by atoms with Crippen LogP contribution in [0.3, 0.4) is 0 Å². The predicted octanol–water partition coefficient (Wildman–Crippen LogP) is 0.424. The number of hydrogen-bond acceptors (Lipinski definition) is 10. The fourth-order valence-corrected chi connectivity index (χ4v) is 5.67. The number of anilines is 1. The number of morpholine rings is 1. The van der Waals surface area contributed by atoms with E-state index in [1.165, 1.54) is 15.2 Å². The predicted molar refractivity (Wildman–Crippen MR) is 137 cm³/mol. The van der Waals surface area contributed by atoms with E-state index in [1.54, 1.807) is 12.4 Å². The Kier molecular flexibility index (Phi) is 6.10. The standard InChI is InChI=1S/C23H27N9O4S/c1-37(34,35)31-7-5-29(6-8-31)15-20(33)32-22-18(14-25-32)21(16-3-2-4-19-17(16)13-24-28-19)26-23(27-22)30-9-11-36-12-10-30/h2-4,13-14H,5-12,15H2,1H3,(H,24,28). The van der Waals surface area contributed by atoms with Gasteiger partial charge in [-0.15, -0.1) is 0 Å². The van der Waals surface area contributed by atoms with Gasteiger partial charge in [0.05, 0.1) is 55.0 Å². The highest BCUT2D eigenvalue weighted by Crippen LogP contribution is 2.33. The van der Waals surface area contributed by atoms with E-state index in [0.717, 1.165) is 16.5 Å². The van der Waals surface area contributed by atoms with E-state index in [0.29, 0.717) is 75.2 Å². The Balaban J connectivity index is 1.37. The molecule has 2 fully saturated rings. The molecule has 0 saturated carbocycles. The minimum absolute atomic E-state index is 0.109. The SMILES string of the molecule is CS(=O)(=O)N1CCN(CC(=O)n2ncc3c(-c4cccc5[nH]ncc45)nc(N4CCOCC4)nc32)CC1. The third-order valence-electron chi connectivity index (χ3n) is 6.85. The van der Waals surface area contributed by atoms with E-state index in [1.807, 2.05) is 28.0 Å². The molecule has 6 rings (SSSR count). The van der Waals surface area contributed by atoms with E-state index in [-0.39, 0.29) is 12.5 Å². The number of piperazine rings is 1. The highest BCUT2D eigenvalue weighted by molar-refractivity contribution is 7.88. The molecule has 0 atom stereocenters. The number of hydrogen-bond donors (Lipinski definition) is 1. The van der Waals surface area contributed by atoms with Crippen molar-refractivity contribution in [2.45, 2.75) is 0 Å². The first-order valence-corrected chi connectivity index (χ1v) is 13.9. The number of aromatic amines is 1. The van der Waals surface area contributed by atoms with Gasteiger partial charge in [0.2, 0.25) is 16.0 Å². The number of nitrogens with zero attached hydrogens (tertiary/aromatic N) is 8. The van der Waals surface area contributed by atoms with Crippen molar-refractivity contribution in [2.24, 2.45) is 0 Å². The molecular weight excluding hydrogens is 498 g/mol. The fraction of sp³-hybridized carbons (Fsp3) is 0.435. The first-order chi connectivity index (χ1) is 17.9. The molecule has 14 heteroatoms. The highest BCUT2D eigenvalue weighted by Gasteiger charge is 2.27. The maximum atomic E-state index is 13.4. The molecule has 2 aliphatic rings. The number of fused-ring (bicyclic) bond motifs is 2. The maximum Gasteiger partial charge on any atom is 0.263 e. The Morgan fingerprint density at radius 3 is 2.57 bits per heavy atom. The molecule has 1 N–H and O–H groups in total. The Bertz CT molecular complexity index is 1570. The summed E-state index contributed by atoms with van der Waals surface area (Å²) in [5.41, 5.74) is 2.87. The number of nitrogens with one attached hydrogen (secondary N) is 1. The Morgan fingerprint density at radius 2 is 1.81 bits per heavy atom. The third-order valence-corrected chi connectivity index (χ3v) is 8.15. The number of ether oxygens (including phenoxy) is 1. The molecule has 0 amide bonds. The summed E-state index contributed by atoms with van der Waals surface area (Å²) in [4.78, 5) is 27.1. The second kappa shape index (κ2) is 9.45. The number of rotatable bonds is 5. The van der Waals surface area contributed by atoms with Crippen LogP contribution in [0.2, 0.25) is 0 Å². The van der Waals surface area contributed by atoms with Gasteiger partial charge >= 0.3 is 0 Å². The molecule has 0 bridgehead atoms. The number of benzene rings is 1. The van der Waals surface area contributed by atoms with Gasteiger partial charge in [0.15, 0.2) is 5.65 Å². The zero-order chi connectivity index (χ0) is 25.6. The minimum Gasteiger partial charge on any atom is -0.378 e. The van der Waals surface area contributed by atoms with E-state index < -0.39 is 10.0 Å². The van der Waals surface area contributed by atoms with E-state index in [2.05, 4.69) is 15.3 Å². The lowest BCUT2D eigenvalue weighted by molar-refractivity contribution is 0.0809. The number of aromatic nitrogens is 6. The first kappa shape index (κ1) is 23.9. The molecule has 13 nitrogen and oxygen atoms in total. The van der Waals surface area contributed by atoms with Crippen LogP contribution in [0.25, 0.3) is 33.2 Å². The van der Waals surface area contributed by atoms with Gasteiger partial charge in [-0.2, -0.15) is 24.2 Å². The van der Waals surface area contributed by atoms with Crippen molar-refractivity contribution in [1.82, 2.24) is 39.2 Å². The fourth-order valence-electron chi connectivity index (χ4n) is 4.84. The van der Waals surface area contributed by atoms with Crippen molar-refractivity contribution >= 4 is 43.8 Å². The average molecular weight is 526 g/mol. The van der Waals surface area contributed by atoms with Crippen molar-refractivity contribution in [3.05, 3.63) is 30.6 Å². The summed E-state index contributed by atoms with van der Waals surface area (Å²) < 4.78 is 31.9. The summed E-state index contributed by atoms with van der Waals surface area (Å²) in [7, 11) is -3.24. The largest absolute Gasteiger partial charge is 0.378 e. The van der Waals surface area contributed by atoms with Crippen molar-refractivity contribution in [1.29, 1.82) is 0 Å². The number of H-pyrrole nitrogens is 1. The van der Waals surface area contributed by atoms with Crippen molar-refractivity contribution in [3.8, 4) is 11.3 Å². The van der Waals surface area contributed by atoms with Gasteiger partial charge in [-0.3, -0.25) is 14.8 Å². The molecule has 2 aliphatic heterocycles. The van der Waals surface area contributed by atoms with Crippen molar-refractivity contribution in [3.63, 3.8) is 0 Å². The van der Waals surface area contributed by atoms with Gasteiger partial charge in [-0.05, 0) is 6.07 Å². The van der Waals surface area contributed by atoms with E-state index in [4.69, 9.17) is 14.7 Å². The smallest absolute Gasteiger partial charge is 0.263 e. The van der Waals surface area contributed by atoms with Crippen LogP contribution < -0.4 is 4.90 Å². The van der Waals surface area contributed by atoms with E-state index >= 15 is 0 Å². The average Bonchev–Trinajstić information content (AvgIpc) is 3.56. The molecule has 37 heavy (non-hydrogen) atoms. The second-order valence-electron chi connectivity index (χ2n) is 9.23. The van der Waals surface area contributed by atoms with Gasteiger partial charge in [-0.1, -0.05) is 12.1 Å². The Morgan fingerprint density at radius 1 is 1.03 bits per heavy atom. The maximum absolute atomic E-state index is 13.4. The summed E-state index contributed by atoms with van der Waals surface area (Å²) in [5, 5.41) is 13.2. The molecule has 4 aromatic rings. The van der Waals surface area contributed by atoms with Gasteiger partial charge in [-0.25, -0.2) is 13.4 Å². The molecular formula is C23H27N9O4S. The summed E-state index contributed by atoms with van der Waals surface area (Å²) in [6.45, 7) is 4.21. The molecule has 0 aliphatic carbocycles. The second-order valence-corrected chi connectivity index (χ2v) is 11.2. The van der Waals surface area contributed by atoms with Crippen LogP contribution in [0.1, 0.15) is 4.79 Å². The van der Waals surface area contributed by atoms with Crippen LogP contribution in [0.4, 0.5) is 5.95 Å². The van der Waals surface area contributed by atoms with Crippen LogP contribution in [-0.4, -0.2) is 119 Å². The highest BCUT2D eigenvalue weighted by atomic mass is 32.2. The van der Waals surface area contributed by atoms with Crippen LogP contribution in [0, 0.1) is 0 Å². The zero-order valence-electron chi connectivity index (χ0n) is 20.4. The molecule has 2 saturated heterocycles. The lowest BCUT2D eigenvalue weighted by Gasteiger charge is -2.32. The van der Waals surface area contributed by atoms with Crippen LogP contribution >= 0.6 is 0 Å². The third kappa shape index (κ3) is 4.56. The number of carbonyl (C=O) groups is 1. The molecule has 0 spiro atoms. The van der Waals surface area contributed by atoms with Gasteiger partial charge in [0.25, 0.3) is 5.91 Å². The quantitative estimate of drug-likeness (QED) is 0.390. The Labute approximate surface area is 213 Å². The lowest BCUT2D eigenvalue weighted by atomic mass is 10.1. The lowest BCUT2D eigenvalue weighted by Crippen LogP contribution is -2.50. The summed E-state index contributed by atoms with van der Waals surface area (Å²) in [5.74, 6) is 0.282. The molecule has 0 radical (unpaired) electrons. The topological polar surface area (TPSA) is 142 Å². The zero-order valence-corrected chi connectivity index (χ0v) is 21.2. The molecule has 0 unspecified atom stereocenters. The minimum atomic E-state index is -3.24. The van der Waals surface area contributed by atoms with Crippen LogP contribution in [0.15, 0.2) is 30.6 Å². The van der Waals surface area contributed by atoms with Gasteiger partial charge in [0, 0.05) is 50.2 Å². The molecule has 3 aromatic heterocycles. The summed E-state index contributed by atoms with van der Waals surface area (Å²) in [6, 6.07) is 5.86. The summed E-state index contributed by atoms with van der Waals surface area (Å²) >= 11 is 0. The number of sulfonamides is 1. The van der Waals surface area contributed by atoms with Crippen LogP contribution in [-0.2, 0) is 14.8 Å². The van der Waals surface area contributed by atoms with Crippen molar-refractivity contribution < 1.29 is 17.9 Å². The Hall–Kier alpha value is -3.46. The van der Waals surface area contributed by atoms with Crippen LogP contribution in [0.5, 0.6) is 0 Å². The van der Waals surface area contributed by atoms with E-state index in [9.17, 15) is 13.2 Å². The number of carbonyl (C=O) groups excluding carboxylic acids is 1. The van der Waals surface area contributed by atoms with Gasteiger partial charge in [0.1, 0.15) is 0 Å². The first-order valence-electron chi connectivity index (χ1n) is 12.1. The normalized spacial score (nSPS) is 18.1. The van der Waals surface area contributed by atoms with Gasteiger partial charge < -0.3 is 9.64 Å².